The third kappa shape index (κ3) is 2.11. The standard InChI is InChI=1S/C8H17N3O/c1-11(2)7-5-3-4-6(7)10-8(9)12/h6-7H,3-5H2,1-2H3,(H3,9,10,12). The largest absolute Gasteiger partial charge is 0.352 e. The lowest BCUT2D eigenvalue weighted by atomic mass is 10.1. The average Bonchev–Trinajstić information content (AvgIpc) is 2.33. The molecule has 1 rings (SSSR count). The van der Waals surface area contributed by atoms with Crippen molar-refractivity contribution in [3.8, 4) is 0 Å². The minimum atomic E-state index is -0.409. The third-order valence-corrected chi connectivity index (χ3v) is 2.47. The first-order valence-corrected chi connectivity index (χ1v) is 4.33. The van der Waals surface area contributed by atoms with Crippen molar-refractivity contribution in [2.24, 2.45) is 5.73 Å². The predicted molar refractivity (Wildman–Crippen MR) is 47.8 cm³/mol. The number of carbonyl (C=O) groups is 1. The summed E-state index contributed by atoms with van der Waals surface area (Å²) in [4.78, 5) is 12.8. The first-order chi connectivity index (χ1) is 5.61. The van der Waals surface area contributed by atoms with E-state index < -0.39 is 6.03 Å². The summed E-state index contributed by atoms with van der Waals surface area (Å²) in [6.45, 7) is 0. The molecule has 4 nitrogen and oxygen atoms in total. The molecule has 2 amide bonds. The molecular weight excluding hydrogens is 154 g/mol. The first-order valence-electron chi connectivity index (χ1n) is 4.33. The number of primary amides is 1. The zero-order chi connectivity index (χ0) is 9.14. The van der Waals surface area contributed by atoms with Gasteiger partial charge in [0, 0.05) is 12.1 Å². The highest BCUT2D eigenvalue weighted by Crippen LogP contribution is 2.22. The van der Waals surface area contributed by atoms with Gasteiger partial charge in [0.25, 0.3) is 0 Å². The molecule has 0 bridgehead atoms. The number of nitrogens with zero attached hydrogens (tertiary/aromatic N) is 1. The summed E-state index contributed by atoms with van der Waals surface area (Å²) < 4.78 is 0. The van der Waals surface area contributed by atoms with Gasteiger partial charge in [-0.3, -0.25) is 0 Å². The highest BCUT2D eigenvalue weighted by molar-refractivity contribution is 5.72. The van der Waals surface area contributed by atoms with Crippen molar-refractivity contribution >= 4 is 6.03 Å². The van der Waals surface area contributed by atoms with Gasteiger partial charge in [-0.2, -0.15) is 0 Å². The fourth-order valence-corrected chi connectivity index (χ4v) is 1.91. The molecule has 0 heterocycles. The van der Waals surface area contributed by atoms with Crippen LogP contribution in [0, 0.1) is 0 Å². The maximum absolute atomic E-state index is 10.6. The van der Waals surface area contributed by atoms with Crippen LogP contribution >= 0.6 is 0 Å². The Morgan fingerprint density at radius 3 is 2.67 bits per heavy atom. The van der Waals surface area contributed by atoms with Gasteiger partial charge >= 0.3 is 6.03 Å². The minimum Gasteiger partial charge on any atom is -0.352 e. The van der Waals surface area contributed by atoms with E-state index in [9.17, 15) is 4.79 Å². The molecule has 0 aromatic heterocycles. The average molecular weight is 171 g/mol. The smallest absolute Gasteiger partial charge is 0.312 e. The number of likely N-dealkylation sites (N-methyl/N-ethyl adjacent to an activating group) is 1. The van der Waals surface area contributed by atoms with E-state index in [0.29, 0.717) is 6.04 Å². The maximum atomic E-state index is 10.6. The van der Waals surface area contributed by atoms with Crippen molar-refractivity contribution in [2.75, 3.05) is 14.1 Å². The van der Waals surface area contributed by atoms with Crippen LogP contribution in [-0.2, 0) is 0 Å². The lowest BCUT2D eigenvalue weighted by molar-refractivity contribution is 0.227. The van der Waals surface area contributed by atoms with Gasteiger partial charge in [-0.15, -0.1) is 0 Å². The van der Waals surface area contributed by atoms with Crippen LogP contribution in [0.3, 0.4) is 0 Å². The van der Waals surface area contributed by atoms with Gasteiger partial charge in [-0.1, -0.05) is 0 Å². The van der Waals surface area contributed by atoms with Crippen LogP contribution in [0.25, 0.3) is 0 Å². The molecule has 12 heavy (non-hydrogen) atoms. The molecule has 4 heteroatoms. The molecule has 1 aliphatic carbocycles. The van der Waals surface area contributed by atoms with Crippen LogP contribution in [0.1, 0.15) is 19.3 Å². The molecule has 70 valence electrons. The van der Waals surface area contributed by atoms with E-state index >= 15 is 0 Å². The number of hydrogen-bond donors (Lipinski definition) is 2. The van der Waals surface area contributed by atoms with Crippen LogP contribution < -0.4 is 11.1 Å². The molecule has 0 aliphatic heterocycles. The minimum absolute atomic E-state index is 0.248. The van der Waals surface area contributed by atoms with E-state index in [4.69, 9.17) is 5.73 Å². The quantitative estimate of drug-likeness (QED) is 0.620. The van der Waals surface area contributed by atoms with Gasteiger partial charge in [0.2, 0.25) is 0 Å². The van der Waals surface area contributed by atoms with Gasteiger partial charge in [0.05, 0.1) is 0 Å². The summed E-state index contributed by atoms with van der Waals surface area (Å²) >= 11 is 0. The molecule has 0 aromatic rings. The Morgan fingerprint density at radius 2 is 2.17 bits per heavy atom. The van der Waals surface area contributed by atoms with Gasteiger partial charge in [0.15, 0.2) is 0 Å². The van der Waals surface area contributed by atoms with Gasteiger partial charge in [-0.25, -0.2) is 4.79 Å². The Balaban J connectivity index is 2.46. The highest BCUT2D eigenvalue weighted by atomic mass is 16.2. The Hall–Kier alpha value is -0.770. The number of amides is 2. The van der Waals surface area contributed by atoms with Crippen LogP contribution in [0.5, 0.6) is 0 Å². The lowest BCUT2D eigenvalue weighted by Crippen LogP contribution is -2.47. The summed E-state index contributed by atoms with van der Waals surface area (Å²) in [5, 5.41) is 2.77. The number of rotatable bonds is 2. The summed E-state index contributed by atoms with van der Waals surface area (Å²) in [7, 11) is 4.07. The van der Waals surface area contributed by atoms with Crippen LogP contribution in [0.15, 0.2) is 0 Å². The molecule has 1 saturated carbocycles. The zero-order valence-electron chi connectivity index (χ0n) is 7.71. The van der Waals surface area contributed by atoms with Crippen molar-refractivity contribution in [1.82, 2.24) is 10.2 Å². The fourth-order valence-electron chi connectivity index (χ4n) is 1.91. The van der Waals surface area contributed by atoms with Crippen LogP contribution in [-0.4, -0.2) is 37.1 Å². The molecule has 2 atom stereocenters. The van der Waals surface area contributed by atoms with E-state index in [0.717, 1.165) is 12.8 Å². The fraction of sp³-hybridized carbons (Fsp3) is 0.875. The van der Waals surface area contributed by atoms with Crippen molar-refractivity contribution < 1.29 is 4.79 Å². The second-order valence-electron chi connectivity index (χ2n) is 3.58. The number of nitrogens with two attached hydrogens (primary N) is 1. The summed E-state index contributed by atoms with van der Waals surface area (Å²) in [5.41, 5.74) is 5.07. The van der Waals surface area contributed by atoms with E-state index in [1.54, 1.807) is 0 Å². The van der Waals surface area contributed by atoms with Crippen molar-refractivity contribution in [3.63, 3.8) is 0 Å². The molecule has 0 aromatic carbocycles. The topological polar surface area (TPSA) is 58.4 Å². The van der Waals surface area contributed by atoms with Gasteiger partial charge in [-0.05, 0) is 33.4 Å². The SMILES string of the molecule is CN(C)C1CCCC1NC(N)=O. The molecule has 1 fully saturated rings. The third-order valence-electron chi connectivity index (χ3n) is 2.47. The molecule has 1 aliphatic rings. The highest BCUT2D eigenvalue weighted by Gasteiger charge is 2.29. The normalized spacial score (nSPS) is 29.2. The van der Waals surface area contributed by atoms with E-state index in [-0.39, 0.29) is 6.04 Å². The number of nitrogens with one attached hydrogen (secondary N) is 1. The number of hydrogen-bond acceptors (Lipinski definition) is 2. The Kier molecular flexibility index (Phi) is 2.92. The number of carbonyl (C=O) groups excluding carboxylic acids is 1. The van der Waals surface area contributed by atoms with Crippen molar-refractivity contribution in [3.05, 3.63) is 0 Å². The molecular formula is C8H17N3O. The van der Waals surface area contributed by atoms with Crippen molar-refractivity contribution in [2.45, 2.75) is 31.3 Å². The Morgan fingerprint density at radius 1 is 1.50 bits per heavy atom. The Bertz CT molecular complexity index is 170. The van der Waals surface area contributed by atoms with Crippen molar-refractivity contribution in [1.29, 1.82) is 0 Å². The second-order valence-corrected chi connectivity index (χ2v) is 3.58. The van der Waals surface area contributed by atoms with E-state index in [1.807, 2.05) is 14.1 Å². The van der Waals surface area contributed by atoms with Gasteiger partial charge < -0.3 is 16.0 Å². The first kappa shape index (κ1) is 9.32. The van der Waals surface area contributed by atoms with E-state index in [1.165, 1.54) is 6.42 Å². The molecule has 2 unspecified atom stereocenters. The predicted octanol–water partition coefficient (Wildman–Crippen LogP) is 0.137. The monoisotopic (exact) mass is 171 g/mol. The number of urea groups is 1. The van der Waals surface area contributed by atoms with Gasteiger partial charge in [0.1, 0.15) is 0 Å². The molecule has 0 radical (unpaired) electrons. The molecule has 0 spiro atoms. The summed E-state index contributed by atoms with van der Waals surface area (Å²) in [5.74, 6) is 0. The summed E-state index contributed by atoms with van der Waals surface area (Å²) in [6.07, 6.45) is 3.37. The second kappa shape index (κ2) is 3.76. The zero-order valence-corrected chi connectivity index (χ0v) is 7.71. The van der Waals surface area contributed by atoms with Crippen LogP contribution in [0.4, 0.5) is 4.79 Å². The molecule has 0 saturated heterocycles. The van der Waals surface area contributed by atoms with E-state index in [2.05, 4.69) is 10.2 Å². The summed E-state index contributed by atoms with van der Waals surface area (Å²) in [6, 6.07) is 0.295. The lowest BCUT2D eigenvalue weighted by Gasteiger charge is -2.26. The van der Waals surface area contributed by atoms with Crippen LogP contribution in [0.2, 0.25) is 0 Å². The molecule has 3 N–H and O–H groups in total. The Labute approximate surface area is 73.1 Å². The maximum Gasteiger partial charge on any atom is 0.312 e.